The van der Waals surface area contributed by atoms with E-state index in [1.807, 2.05) is 0 Å². The molecule has 0 amide bonds. The molecule has 1 aromatic heterocycles. The Hall–Kier alpha value is -0.450. The smallest absolute Gasteiger partial charge is 0.0956 e. The van der Waals surface area contributed by atoms with Crippen LogP contribution in [-0.4, -0.2) is 40.2 Å². The van der Waals surface area contributed by atoms with Crippen LogP contribution in [-0.2, 0) is 6.42 Å². The van der Waals surface area contributed by atoms with E-state index in [-0.39, 0.29) is 6.10 Å². The molecule has 0 saturated carbocycles. The van der Waals surface area contributed by atoms with Crippen LogP contribution >= 0.6 is 11.3 Å². The average molecular weight is 280 g/mol. The molecule has 1 N–H and O–H groups in total. The largest absolute Gasteiger partial charge is 0.392 e. The fourth-order valence-electron chi connectivity index (χ4n) is 3.74. The Morgan fingerprint density at radius 3 is 2.47 bits per heavy atom. The van der Waals surface area contributed by atoms with Gasteiger partial charge in [-0.2, -0.15) is 0 Å². The minimum Gasteiger partial charge on any atom is -0.392 e. The van der Waals surface area contributed by atoms with Gasteiger partial charge in [-0.3, -0.25) is 0 Å². The summed E-state index contributed by atoms with van der Waals surface area (Å²) < 4.78 is 0. The monoisotopic (exact) mass is 280 g/mol. The van der Waals surface area contributed by atoms with Gasteiger partial charge >= 0.3 is 0 Å². The zero-order chi connectivity index (χ0) is 13.6. The van der Waals surface area contributed by atoms with Gasteiger partial charge in [0.1, 0.15) is 0 Å². The number of piperidine rings is 1. The summed E-state index contributed by atoms with van der Waals surface area (Å²) in [5, 5.41) is 11.6. The second kappa shape index (κ2) is 5.15. The normalized spacial score (nSPS) is 32.7. The van der Waals surface area contributed by atoms with E-state index in [4.69, 9.17) is 0 Å². The summed E-state index contributed by atoms with van der Waals surface area (Å²) >= 11 is 1.74. The van der Waals surface area contributed by atoms with Gasteiger partial charge in [-0.15, -0.1) is 11.3 Å². The standard InChI is InChI=1S/C15H24N2OS/c1-9-10(2)19-15(16-9)8-14(18)11-6-12-4-5-13(7-11)17(12)3/h11-14,18H,4-8H2,1-3H3. The molecule has 2 aliphatic heterocycles. The van der Waals surface area contributed by atoms with E-state index in [0.717, 1.165) is 30.0 Å². The molecule has 1 aromatic rings. The maximum atomic E-state index is 10.5. The molecular formula is C15H24N2OS. The number of hydrogen-bond acceptors (Lipinski definition) is 4. The maximum Gasteiger partial charge on any atom is 0.0956 e. The number of fused-ring (bicyclic) bond motifs is 2. The highest BCUT2D eigenvalue weighted by atomic mass is 32.1. The van der Waals surface area contributed by atoms with Crippen LogP contribution in [0.5, 0.6) is 0 Å². The highest BCUT2D eigenvalue weighted by Crippen LogP contribution is 2.39. The Morgan fingerprint density at radius 2 is 1.95 bits per heavy atom. The first kappa shape index (κ1) is 13.5. The van der Waals surface area contributed by atoms with E-state index < -0.39 is 0 Å². The summed E-state index contributed by atoms with van der Waals surface area (Å²) in [7, 11) is 2.25. The molecular weight excluding hydrogens is 256 g/mol. The lowest BCUT2D eigenvalue weighted by atomic mass is 9.85. The number of aliphatic hydroxyl groups is 1. The van der Waals surface area contributed by atoms with Gasteiger partial charge < -0.3 is 10.0 Å². The Morgan fingerprint density at radius 1 is 1.32 bits per heavy atom. The van der Waals surface area contributed by atoms with Crippen molar-refractivity contribution in [3.05, 3.63) is 15.6 Å². The molecule has 2 aliphatic rings. The van der Waals surface area contributed by atoms with Crippen molar-refractivity contribution in [1.29, 1.82) is 0 Å². The van der Waals surface area contributed by atoms with E-state index >= 15 is 0 Å². The molecule has 2 saturated heterocycles. The van der Waals surface area contributed by atoms with Crippen LogP contribution < -0.4 is 0 Å². The molecule has 106 valence electrons. The van der Waals surface area contributed by atoms with Gasteiger partial charge in [0.05, 0.1) is 16.8 Å². The third-order valence-corrected chi connectivity index (χ3v) is 6.23. The van der Waals surface area contributed by atoms with E-state index in [0.29, 0.717) is 18.0 Å². The number of thiazole rings is 1. The summed E-state index contributed by atoms with van der Waals surface area (Å²) in [6.45, 7) is 4.16. The van der Waals surface area contributed by atoms with Gasteiger partial charge in [-0.1, -0.05) is 0 Å². The van der Waals surface area contributed by atoms with Gasteiger partial charge in [-0.05, 0) is 52.5 Å². The number of aliphatic hydroxyl groups excluding tert-OH is 1. The number of rotatable bonds is 3. The Labute approximate surface area is 119 Å². The first-order valence-corrected chi connectivity index (χ1v) is 8.19. The molecule has 0 aromatic carbocycles. The minimum absolute atomic E-state index is 0.207. The lowest BCUT2D eigenvalue weighted by Gasteiger charge is -2.38. The Kier molecular flexibility index (Phi) is 3.67. The van der Waals surface area contributed by atoms with E-state index in [2.05, 4.69) is 30.8 Å². The number of aromatic nitrogens is 1. The van der Waals surface area contributed by atoms with Crippen LogP contribution in [0, 0.1) is 19.8 Å². The molecule has 3 unspecified atom stereocenters. The van der Waals surface area contributed by atoms with Crippen molar-refractivity contribution in [3.63, 3.8) is 0 Å². The lowest BCUT2D eigenvalue weighted by Crippen LogP contribution is -2.43. The van der Waals surface area contributed by atoms with Crippen LogP contribution in [0.25, 0.3) is 0 Å². The summed E-state index contributed by atoms with van der Waals surface area (Å²) in [6, 6.07) is 1.41. The molecule has 0 aliphatic carbocycles. The van der Waals surface area contributed by atoms with Crippen LogP contribution in [0.4, 0.5) is 0 Å². The van der Waals surface area contributed by atoms with Crippen LogP contribution in [0.2, 0.25) is 0 Å². The van der Waals surface area contributed by atoms with Gasteiger partial charge in [-0.25, -0.2) is 4.98 Å². The minimum atomic E-state index is -0.207. The van der Waals surface area contributed by atoms with E-state index in [1.54, 1.807) is 11.3 Å². The van der Waals surface area contributed by atoms with Crippen molar-refractivity contribution < 1.29 is 5.11 Å². The summed E-state index contributed by atoms with van der Waals surface area (Å²) in [5.74, 6) is 0.471. The van der Waals surface area contributed by atoms with E-state index in [9.17, 15) is 5.11 Å². The molecule has 19 heavy (non-hydrogen) atoms. The fourth-order valence-corrected chi connectivity index (χ4v) is 4.72. The lowest BCUT2D eigenvalue weighted by molar-refractivity contribution is 0.0367. The molecule has 3 nitrogen and oxygen atoms in total. The van der Waals surface area contributed by atoms with Crippen molar-refractivity contribution in [2.24, 2.45) is 5.92 Å². The Bertz CT molecular complexity index is 425. The topological polar surface area (TPSA) is 36.4 Å². The van der Waals surface area contributed by atoms with Crippen molar-refractivity contribution in [2.75, 3.05) is 7.05 Å². The number of aryl methyl sites for hydroxylation is 2. The number of hydrogen-bond donors (Lipinski definition) is 1. The summed E-state index contributed by atoms with van der Waals surface area (Å²) in [6.07, 6.45) is 5.50. The first-order valence-electron chi connectivity index (χ1n) is 7.37. The zero-order valence-corrected chi connectivity index (χ0v) is 12.9. The maximum absolute atomic E-state index is 10.5. The molecule has 3 rings (SSSR count). The SMILES string of the molecule is Cc1nc(CC(O)C2CC3CCC(C2)N3C)sc1C. The highest BCUT2D eigenvalue weighted by molar-refractivity contribution is 7.11. The summed E-state index contributed by atoms with van der Waals surface area (Å²) in [4.78, 5) is 8.37. The third kappa shape index (κ3) is 2.58. The van der Waals surface area contributed by atoms with E-state index in [1.165, 1.54) is 17.7 Å². The van der Waals surface area contributed by atoms with Gasteiger partial charge in [0.2, 0.25) is 0 Å². The van der Waals surface area contributed by atoms with Crippen molar-refractivity contribution >= 4 is 11.3 Å². The fraction of sp³-hybridized carbons (Fsp3) is 0.800. The highest BCUT2D eigenvalue weighted by Gasteiger charge is 2.40. The van der Waals surface area contributed by atoms with Crippen molar-refractivity contribution in [2.45, 2.75) is 64.1 Å². The van der Waals surface area contributed by atoms with Crippen molar-refractivity contribution in [3.8, 4) is 0 Å². The van der Waals surface area contributed by atoms with Gasteiger partial charge in [0.15, 0.2) is 0 Å². The molecule has 0 radical (unpaired) electrons. The first-order chi connectivity index (χ1) is 9.04. The van der Waals surface area contributed by atoms with Crippen LogP contribution in [0.1, 0.15) is 41.3 Å². The molecule has 3 heterocycles. The second-order valence-electron chi connectivity index (χ2n) is 6.30. The van der Waals surface area contributed by atoms with Gasteiger partial charge in [0, 0.05) is 23.4 Å². The predicted molar refractivity (Wildman–Crippen MR) is 78.6 cm³/mol. The summed E-state index contributed by atoms with van der Waals surface area (Å²) in [5.41, 5.74) is 1.12. The zero-order valence-electron chi connectivity index (χ0n) is 12.1. The molecule has 3 atom stereocenters. The van der Waals surface area contributed by atoms with Crippen molar-refractivity contribution in [1.82, 2.24) is 9.88 Å². The Balaban J connectivity index is 1.63. The van der Waals surface area contributed by atoms with Crippen LogP contribution in [0.3, 0.4) is 0 Å². The average Bonchev–Trinajstić information content (AvgIpc) is 2.76. The predicted octanol–water partition coefficient (Wildman–Crippen LogP) is 2.54. The third-order valence-electron chi connectivity index (χ3n) is 5.14. The van der Waals surface area contributed by atoms with Gasteiger partial charge in [0.25, 0.3) is 0 Å². The quantitative estimate of drug-likeness (QED) is 0.924. The molecule has 2 bridgehead atoms. The number of nitrogens with zero attached hydrogens (tertiary/aromatic N) is 2. The second-order valence-corrected chi connectivity index (χ2v) is 7.59. The van der Waals surface area contributed by atoms with Crippen LogP contribution in [0.15, 0.2) is 0 Å². The molecule has 4 heteroatoms. The molecule has 2 fully saturated rings. The molecule has 0 spiro atoms.